The summed E-state index contributed by atoms with van der Waals surface area (Å²) < 4.78 is 6.20. The Balaban J connectivity index is 2.19. The minimum Gasteiger partial charge on any atom is -0.455 e. The maximum absolute atomic E-state index is 6.20. The van der Waals surface area contributed by atoms with Crippen LogP contribution in [0.3, 0.4) is 0 Å². The predicted octanol–water partition coefficient (Wildman–Crippen LogP) is 6.14. The number of anilines is 1. The number of rotatable bonds is 9. The molecule has 0 spiro atoms. The number of hydrogen-bond donors (Lipinski definition) is 2. The summed E-state index contributed by atoms with van der Waals surface area (Å²) >= 11 is 0. The molecule has 0 radical (unpaired) electrons. The lowest BCUT2D eigenvalue weighted by molar-refractivity contribution is 0.379. The number of benzene rings is 2. The van der Waals surface area contributed by atoms with Gasteiger partial charge in [0.25, 0.3) is 0 Å². The third-order valence-corrected chi connectivity index (χ3v) is 4.13. The first-order valence-electron chi connectivity index (χ1n) is 9.70. The van der Waals surface area contributed by atoms with Crippen molar-refractivity contribution in [3.8, 4) is 11.5 Å². The van der Waals surface area contributed by atoms with E-state index in [0.717, 1.165) is 48.8 Å². The summed E-state index contributed by atoms with van der Waals surface area (Å²) in [7, 11) is 0. The Kier molecular flexibility index (Phi) is 7.52. The van der Waals surface area contributed by atoms with Gasteiger partial charge in [0, 0.05) is 19.6 Å². The van der Waals surface area contributed by atoms with Crippen LogP contribution in [0.5, 0.6) is 11.5 Å². The molecule has 0 atom stereocenters. The quantitative estimate of drug-likeness (QED) is 0.531. The SMILES string of the molecule is CCCCNc1cc(CNCC(C)(C)C)cc(C)c1Oc1ccccc1. The fourth-order valence-corrected chi connectivity index (χ4v) is 2.81. The maximum Gasteiger partial charge on any atom is 0.153 e. The summed E-state index contributed by atoms with van der Waals surface area (Å²) in [5.74, 6) is 1.79. The predicted molar refractivity (Wildman–Crippen MR) is 112 cm³/mol. The minimum atomic E-state index is 0.285. The van der Waals surface area contributed by atoms with Crippen LogP contribution >= 0.6 is 0 Å². The lowest BCUT2D eigenvalue weighted by Crippen LogP contribution is -2.26. The highest BCUT2D eigenvalue weighted by Crippen LogP contribution is 2.34. The van der Waals surface area contributed by atoms with Crippen molar-refractivity contribution in [3.05, 3.63) is 53.6 Å². The second-order valence-electron chi connectivity index (χ2n) is 8.15. The first-order chi connectivity index (χ1) is 12.4. The molecule has 0 aromatic heterocycles. The molecule has 2 N–H and O–H groups in total. The summed E-state index contributed by atoms with van der Waals surface area (Å²) in [4.78, 5) is 0. The zero-order chi connectivity index (χ0) is 19.0. The molecule has 0 amide bonds. The summed E-state index contributed by atoms with van der Waals surface area (Å²) in [6.45, 7) is 13.9. The summed E-state index contributed by atoms with van der Waals surface area (Å²) in [5, 5.41) is 7.13. The zero-order valence-electron chi connectivity index (χ0n) is 17.0. The molecule has 2 aromatic carbocycles. The molecule has 0 heterocycles. The molecular formula is C23H34N2O. The van der Waals surface area contributed by atoms with Gasteiger partial charge in [-0.1, -0.05) is 58.4 Å². The van der Waals surface area contributed by atoms with Crippen LogP contribution < -0.4 is 15.4 Å². The highest BCUT2D eigenvalue weighted by Gasteiger charge is 2.13. The third kappa shape index (κ3) is 6.72. The summed E-state index contributed by atoms with van der Waals surface area (Å²) in [5.41, 5.74) is 3.80. The Labute approximate surface area is 159 Å². The molecule has 2 rings (SSSR count). The Morgan fingerprint density at radius 3 is 2.42 bits per heavy atom. The highest BCUT2D eigenvalue weighted by molar-refractivity contribution is 5.63. The van der Waals surface area contributed by atoms with Crippen LogP contribution in [0, 0.1) is 12.3 Å². The van der Waals surface area contributed by atoms with Gasteiger partial charge in [0.2, 0.25) is 0 Å². The third-order valence-electron chi connectivity index (χ3n) is 4.13. The van der Waals surface area contributed by atoms with Crippen LogP contribution in [-0.4, -0.2) is 13.1 Å². The van der Waals surface area contributed by atoms with Crippen molar-refractivity contribution >= 4 is 5.69 Å². The van der Waals surface area contributed by atoms with Gasteiger partial charge in [-0.05, 0) is 48.1 Å². The Morgan fingerprint density at radius 2 is 1.77 bits per heavy atom. The second-order valence-corrected chi connectivity index (χ2v) is 8.15. The molecule has 0 bridgehead atoms. The molecule has 0 fully saturated rings. The van der Waals surface area contributed by atoms with Crippen molar-refractivity contribution in [1.82, 2.24) is 5.32 Å². The van der Waals surface area contributed by atoms with Gasteiger partial charge >= 0.3 is 0 Å². The topological polar surface area (TPSA) is 33.3 Å². The maximum atomic E-state index is 6.20. The van der Waals surface area contributed by atoms with Gasteiger partial charge in [0.15, 0.2) is 5.75 Å². The number of nitrogens with one attached hydrogen (secondary N) is 2. The van der Waals surface area contributed by atoms with E-state index in [2.05, 4.69) is 57.4 Å². The van der Waals surface area contributed by atoms with Crippen LogP contribution in [0.1, 0.15) is 51.7 Å². The van der Waals surface area contributed by atoms with E-state index in [4.69, 9.17) is 4.74 Å². The molecule has 0 aliphatic carbocycles. The molecule has 2 aromatic rings. The minimum absolute atomic E-state index is 0.285. The van der Waals surface area contributed by atoms with Gasteiger partial charge in [-0.15, -0.1) is 0 Å². The van der Waals surface area contributed by atoms with Gasteiger partial charge in [-0.2, -0.15) is 0 Å². The first kappa shape index (κ1) is 20.3. The van der Waals surface area contributed by atoms with Crippen molar-refractivity contribution in [2.75, 3.05) is 18.4 Å². The molecule has 26 heavy (non-hydrogen) atoms. The van der Waals surface area contributed by atoms with E-state index in [1.165, 1.54) is 12.0 Å². The first-order valence-corrected chi connectivity index (χ1v) is 9.70. The highest BCUT2D eigenvalue weighted by atomic mass is 16.5. The molecule has 142 valence electrons. The van der Waals surface area contributed by atoms with Gasteiger partial charge in [0.05, 0.1) is 5.69 Å². The van der Waals surface area contributed by atoms with Gasteiger partial charge in [0.1, 0.15) is 5.75 Å². The second kappa shape index (κ2) is 9.63. The van der Waals surface area contributed by atoms with Crippen LogP contribution in [-0.2, 0) is 6.54 Å². The Bertz CT molecular complexity index is 675. The zero-order valence-corrected chi connectivity index (χ0v) is 17.0. The van der Waals surface area contributed by atoms with E-state index >= 15 is 0 Å². The summed E-state index contributed by atoms with van der Waals surface area (Å²) in [6.07, 6.45) is 2.32. The van der Waals surface area contributed by atoms with E-state index in [0.29, 0.717) is 0 Å². The molecule has 0 unspecified atom stereocenters. The normalized spacial score (nSPS) is 11.4. The van der Waals surface area contributed by atoms with Crippen molar-refractivity contribution < 1.29 is 4.74 Å². The molecule has 3 nitrogen and oxygen atoms in total. The van der Waals surface area contributed by atoms with Crippen molar-refractivity contribution in [3.63, 3.8) is 0 Å². The smallest absolute Gasteiger partial charge is 0.153 e. The van der Waals surface area contributed by atoms with Gasteiger partial charge in [-0.3, -0.25) is 0 Å². The molecule has 0 saturated carbocycles. The number of unbranched alkanes of at least 4 members (excludes halogenated alkanes) is 1. The molecular weight excluding hydrogens is 320 g/mol. The van der Waals surface area contributed by atoms with E-state index < -0.39 is 0 Å². The molecule has 0 saturated heterocycles. The largest absolute Gasteiger partial charge is 0.455 e. The lowest BCUT2D eigenvalue weighted by Gasteiger charge is -2.20. The molecule has 0 aliphatic heterocycles. The number of aryl methyl sites for hydroxylation is 1. The Hall–Kier alpha value is -2.00. The fourth-order valence-electron chi connectivity index (χ4n) is 2.81. The standard InChI is InChI=1S/C23H34N2O/c1-6-7-13-25-21-15-19(16-24-17-23(3,4)5)14-18(2)22(21)26-20-11-9-8-10-12-20/h8-12,14-15,24-25H,6-7,13,16-17H2,1-5H3. The lowest BCUT2D eigenvalue weighted by atomic mass is 9.97. The van der Waals surface area contributed by atoms with Crippen LogP contribution in [0.2, 0.25) is 0 Å². The number of para-hydroxylation sites is 1. The van der Waals surface area contributed by atoms with Crippen molar-refractivity contribution in [2.24, 2.45) is 5.41 Å². The van der Waals surface area contributed by atoms with E-state index in [1.54, 1.807) is 0 Å². The average molecular weight is 355 g/mol. The average Bonchev–Trinajstić information content (AvgIpc) is 2.58. The van der Waals surface area contributed by atoms with E-state index in [1.807, 2.05) is 30.3 Å². The van der Waals surface area contributed by atoms with Gasteiger partial charge < -0.3 is 15.4 Å². The number of hydrogen-bond acceptors (Lipinski definition) is 3. The van der Waals surface area contributed by atoms with Crippen molar-refractivity contribution in [2.45, 2.75) is 54.0 Å². The van der Waals surface area contributed by atoms with E-state index in [9.17, 15) is 0 Å². The number of ether oxygens (including phenoxy) is 1. The van der Waals surface area contributed by atoms with E-state index in [-0.39, 0.29) is 5.41 Å². The monoisotopic (exact) mass is 354 g/mol. The van der Waals surface area contributed by atoms with Crippen LogP contribution in [0.25, 0.3) is 0 Å². The van der Waals surface area contributed by atoms with Crippen molar-refractivity contribution in [1.29, 1.82) is 0 Å². The van der Waals surface area contributed by atoms with Crippen LogP contribution in [0.4, 0.5) is 5.69 Å². The summed E-state index contributed by atoms with van der Waals surface area (Å²) in [6, 6.07) is 14.4. The Morgan fingerprint density at radius 1 is 1.04 bits per heavy atom. The molecule has 3 heteroatoms. The fraction of sp³-hybridized carbons (Fsp3) is 0.478. The van der Waals surface area contributed by atoms with Crippen LogP contribution in [0.15, 0.2) is 42.5 Å². The van der Waals surface area contributed by atoms with Gasteiger partial charge in [-0.25, -0.2) is 0 Å². The molecule has 0 aliphatic rings.